The molecule has 2 amide bonds. The van der Waals surface area contributed by atoms with E-state index in [9.17, 15) is 9.59 Å². The summed E-state index contributed by atoms with van der Waals surface area (Å²) in [5.74, 6) is -0.665. The zero-order chi connectivity index (χ0) is 19.8. The second kappa shape index (κ2) is 9.82. The molecule has 0 aromatic heterocycles. The lowest BCUT2D eigenvalue weighted by molar-refractivity contribution is -0.124. The summed E-state index contributed by atoms with van der Waals surface area (Å²) in [6.07, 6.45) is 3.75. The van der Waals surface area contributed by atoms with E-state index in [-0.39, 0.29) is 5.91 Å². The van der Waals surface area contributed by atoms with Gasteiger partial charge in [0.2, 0.25) is 0 Å². The number of hydrogen-bond donors (Lipinski definition) is 2. The van der Waals surface area contributed by atoms with E-state index in [2.05, 4.69) is 29.2 Å². The van der Waals surface area contributed by atoms with E-state index >= 15 is 0 Å². The van der Waals surface area contributed by atoms with Crippen LogP contribution in [0, 0.1) is 0 Å². The van der Waals surface area contributed by atoms with Gasteiger partial charge in [0.1, 0.15) is 0 Å². The van der Waals surface area contributed by atoms with Gasteiger partial charge in [0.15, 0.2) is 0 Å². The number of rotatable bonds is 6. The zero-order valence-corrected chi connectivity index (χ0v) is 15.8. The number of carbonyl (C=O) groups is 2. The topological polar surface area (TPSA) is 72.9 Å². The van der Waals surface area contributed by atoms with Gasteiger partial charge in [-0.2, -0.15) is 0 Å². The van der Waals surface area contributed by atoms with E-state index in [0.717, 1.165) is 26.1 Å². The van der Waals surface area contributed by atoms with Gasteiger partial charge in [-0.3, -0.25) is 19.7 Å². The minimum Gasteiger partial charge on any atom is -0.336 e. The first-order chi connectivity index (χ1) is 13.7. The Balaban J connectivity index is 1.57. The number of nitrogens with one attached hydrogen (secondary N) is 1. The van der Waals surface area contributed by atoms with Gasteiger partial charge in [-0.25, -0.2) is 5.48 Å². The Bertz CT molecular complexity index is 828. The molecule has 1 aliphatic rings. The van der Waals surface area contributed by atoms with Gasteiger partial charge in [0.25, 0.3) is 11.8 Å². The van der Waals surface area contributed by atoms with Gasteiger partial charge in [0.05, 0.1) is 0 Å². The van der Waals surface area contributed by atoms with Crippen molar-refractivity contribution < 1.29 is 14.8 Å². The highest BCUT2D eigenvalue weighted by Gasteiger charge is 2.23. The molecule has 0 aliphatic carbocycles. The zero-order valence-electron chi connectivity index (χ0n) is 15.8. The van der Waals surface area contributed by atoms with Crippen molar-refractivity contribution in [3.63, 3.8) is 0 Å². The molecule has 6 heteroatoms. The van der Waals surface area contributed by atoms with Crippen molar-refractivity contribution in [1.82, 2.24) is 15.3 Å². The molecule has 0 bridgehead atoms. The summed E-state index contributed by atoms with van der Waals surface area (Å²) in [5, 5.41) is 8.61. The number of amides is 2. The lowest BCUT2D eigenvalue weighted by atomic mass is 10.0. The van der Waals surface area contributed by atoms with Crippen LogP contribution in [-0.2, 0) is 11.2 Å². The SMILES string of the molecule is O=C(C=Cc1ccccc1C(=O)N1CCN(CCc2ccccc2)CC1)NO. The fraction of sp³-hybridized carbons (Fsp3) is 0.273. The second-order valence-electron chi connectivity index (χ2n) is 6.77. The standard InChI is InChI=1S/C22H25N3O3/c26-21(23-28)11-10-19-8-4-5-9-20(19)22(27)25-16-14-24(15-17-25)13-12-18-6-2-1-3-7-18/h1-11,28H,12-17H2,(H,23,26). The molecule has 0 unspecified atom stereocenters. The van der Waals surface area contributed by atoms with E-state index in [4.69, 9.17) is 5.21 Å². The predicted molar refractivity (Wildman–Crippen MR) is 108 cm³/mol. The van der Waals surface area contributed by atoms with Gasteiger partial charge in [0, 0.05) is 44.4 Å². The molecule has 1 heterocycles. The number of hydrogen-bond acceptors (Lipinski definition) is 4. The van der Waals surface area contributed by atoms with Crippen LogP contribution < -0.4 is 5.48 Å². The van der Waals surface area contributed by atoms with Crippen LogP contribution in [-0.4, -0.2) is 59.5 Å². The number of benzene rings is 2. The summed E-state index contributed by atoms with van der Waals surface area (Å²) in [6, 6.07) is 17.6. The number of carbonyl (C=O) groups excluding carboxylic acids is 2. The smallest absolute Gasteiger partial charge is 0.267 e. The van der Waals surface area contributed by atoms with Crippen molar-refractivity contribution in [2.24, 2.45) is 0 Å². The van der Waals surface area contributed by atoms with E-state index < -0.39 is 5.91 Å². The van der Waals surface area contributed by atoms with E-state index in [1.165, 1.54) is 17.7 Å². The number of hydroxylamine groups is 1. The van der Waals surface area contributed by atoms with E-state index in [0.29, 0.717) is 24.2 Å². The maximum absolute atomic E-state index is 12.9. The molecule has 28 heavy (non-hydrogen) atoms. The van der Waals surface area contributed by atoms with Gasteiger partial charge in [-0.05, 0) is 29.7 Å². The monoisotopic (exact) mass is 379 g/mol. The quantitative estimate of drug-likeness (QED) is 0.459. The molecule has 0 atom stereocenters. The molecule has 1 fully saturated rings. The molecule has 1 aliphatic heterocycles. The summed E-state index contributed by atoms with van der Waals surface area (Å²) in [5.41, 5.74) is 4.09. The summed E-state index contributed by atoms with van der Waals surface area (Å²) in [4.78, 5) is 28.4. The van der Waals surface area contributed by atoms with E-state index in [1.807, 2.05) is 23.1 Å². The van der Waals surface area contributed by atoms with Gasteiger partial charge in [-0.1, -0.05) is 48.5 Å². The summed E-state index contributed by atoms with van der Waals surface area (Å²) in [6.45, 7) is 4.06. The Kier molecular flexibility index (Phi) is 6.94. The highest BCUT2D eigenvalue weighted by atomic mass is 16.5. The maximum atomic E-state index is 12.9. The fourth-order valence-electron chi connectivity index (χ4n) is 3.32. The Morgan fingerprint density at radius 2 is 1.64 bits per heavy atom. The molecule has 0 saturated carbocycles. The highest BCUT2D eigenvalue weighted by molar-refractivity contribution is 5.99. The molecule has 0 radical (unpaired) electrons. The predicted octanol–water partition coefficient (Wildman–Crippen LogP) is 2.21. The minimum absolute atomic E-state index is 0.0348. The summed E-state index contributed by atoms with van der Waals surface area (Å²) >= 11 is 0. The van der Waals surface area contributed by atoms with Crippen molar-refractivity contribution in [1.29, 1.82) is 0 Å². The van der Waals surface area contributed by atoms with Crippen LogP contribution in [0.15, 0.2) is 60.7 Å². The van der Waals surface area contributed by atoms with Crippen LogP contribution in [0.2, 0.25) is 0 Å². The molecular weight excluding hydrogens is 354 g/mol. The third-order valence-electron chi connectivity index (χ3n) is 4.93. The average molecular weight is 379 g/mol. The summed E-state index contributed by atoms with van der Waals surface area (Å²) < 4.78 is 0. The lowest BCUT2D eigenvalue weighted by Gasteiger charge is -2.35. The molecular formula is C22H25N3O3. The number of piperazine rings is 1. The minimum atomic E-state index is -0.630. The molecule has 2 aromatic carbocycles. The lowest BCUT2D eigenvalue weighted by Crippen LogP contribution is -2.49. The molecule has 146 valence electrons. The van der Waals surface area contributed by atoms with Crippen LogP contribution in [0.25, 0.3) is 6.08 Å². The van der Waals surface area contributed by atoms with Gasteiger partial charge >= 0.3 is 0 Å². The molecule has 3 rings (SSSR count). The Hall–Kier alpha value is -2.96. The van der Waals surface area contributed by atoms with Crippen molar-refractivity contribution in [3.8, 4) is 0 Å². The Morgan fingerprint density at radius 3 is 2.36 bits per heavy atom. The van der Waals surface area contributed by atoms with Gasteiger partial charge in [-0.15, -0.1) is 0 Å². The van der Waals surface area contributed by atoms with E-state index in [1.54, 1.807) is 17.6 Å². The van der Waals surface area contributed by atoms with Gasteiger partial charge < -0.3 is 4.90 Å². The van der Waals surface area contributed by atoms with Crippen molar-refractivity contribution >= 4 is 17.9 Å². The van der Waals surface area contributed by atoms with Crippen LogP contribution in [0.3, 0.4) is 0 Å². The molecule has 2 aromatic rings. The normalized spacial score (nSPS) is 15.0. The van der Waals surface area contributed by atoms with Crippen LogP contribution >= 0.6 is 0 Å². The van der Waals surface area contributed by atoms with Crippen LogP contribution in [0.1, 0.15) is 21.5 Å². The highest BCUT2D eigenvalue weighted by Crippen LogP contribution is 2.15. The van der Waals surface area contributed by atoms with Crippen LogP contribution in [0.5, 0.6) is 0 Å². The second-order valence-corrected chi connectivity index (χ2v) is 6.77. The average Bonchev–Trinajstić information content (AvgIpc) is 2.77. The first-order valence-corrected chi connectivity index (χ1v) is 9.44. The summed E-state index contributed by atoms with van der Waals surface area (Å²) in [7, 11) is 0. The first-order valence-electron chi connectivity index (χ1n) is 9.44. The Morgan fingerprint density at radius 1 is 0.964 bits per heavy atom. The maximum Gasteiger partial charge on any atom is 0.267 e. The third kappa shape index (κ3) is 5.28. The van der Waals surface area contributed by atoms with Crippen LogP contribution in [0.4, 0.5) is 0 Å². The van der Waals surface area contributed by atoms with Crippen molar-refractivity contribution in [2.75, 3.05) is 32.7 Å². The molecule has 1 saturated heterocycles. The molecule has 6 nitrogen and oxygen atoms in total. The third-order valence-corrected chi connectivity index (χ3v) is 4.93. The molecule has 2 N–H and O–H groups in total. The first kappa shape index (κ1) is 19.8. The number of nitrogens with zero attached hydrogens (tertiary/aromatic N) is 2. The largest absolute Gasteiger partial charge is 0.336 e. The van der Waals surface area contributed by atoms with Crippen molar-refractivity contribution in [3.05, 3.63) is 77.4 Å². The van der Waals surface area contributed by atoms with Crippen molar-refractivity contribution in [2.45, 2.75) is 6.42 Å². The fourth-order valence-corrected chi connectivity index (χ4v) is 3.32. The molecule has 0 spiro atoms. The Labute approximate surface area is 165 Å².